The summed E-state index contributed by atoms with van der Waals surface area (Å²) >= 11 is 0. The van der Waals surface area contributed by atoms with Crippen molar-refractivity contribution in [3.8, 4) is 0 Å². The first-order valence-electron chi connectivity index (χ1n) is 4.87. The quantitative estimate of drug-likeness (QED) is 0.644. The highest BCUT2D eigenvalue weighted by Crippen LogP contribution is 2.03. The smallest absolute Gasteiger partial charge is 0.169 e. The van der Waals surface area contributed by atoms with Gasteiger partial charge in [0.1, 0.15) is 0 Å². The molecular weight excluding hydrogens is 194 g/mol. The molecule has 0 radical (unpaired) electrons. The molecule has 5 heteroatoms. The van der Waals surface area contributed by atoms with Gasteiger partial charge >= 0.3 is 0 Å². The molecule has 0 spiro atoms. The van der Waals surface area contributed by atoms with Crippen molar-refractivity contribution >= 4 is 0 Å². The van der Waals surface area contributed by atoms with Crippen LogP contribution in [0.15, 0.2) is 12.4 Å². The fraction of sp³-hybridized carbons (Fsp3) is 0.700. The van der Waals surface area contributed by atoms with Crippen LogP contribution in [0.5, 0.6) is 0 Å². The van der Waals surface area contributed by atoms with E-state index in [4.69, 9.17) is 9.47 Å². The van der Waals surface area contributed by atoms with Gasteiger partial charge in [-0.05, 0) is 7.05 Å². The van der Waals surface area contributed by atoms with Gasteiger partial charge in [-0.2, -0.15) is 5.10 Å². The van der Waals surface area contributed by atoms with Crippen molar-refractivity contribution in [3.63, 3.8) is 0 Å². The molecule has 1 aromatic rings. The second-order valence-corrected chi connectivity index (χ2v) is 3.62. The summed E-state index contributed by atoms with van der Waals surface area (Å²) in [6.07, 6.45) is 3.70. The Hall–Kier alpha value is -0.910. The third-order valence-corrected chi connectivity index (χ3v) is 2.20. The van der Waals surface area contributed by atoms with E-state index in [1.54, 1.807) is 18.9 Å². The van der Waals surface area contributed by atoms with Crippen LogP contribution in [0.4, 0.5) is 0 Å². The summed E-state index contributed by atoms with van der Waals surface area (Å²) in [6, 6.07) is 0. The molecule has 5 nitrogen and oxygen atoms in total. The second-order valence-electron chi connectivity index (χ2n) is 3.62. The zero-order valence-corrected chi connectivity index (χ0v) is 9.80. The summed E-state index contributed by atoms with van der Waals surface area (Å²) in [5.41, 5.74) is 1.19. The van der Waals surface area contributed by atoms with Gasteiger partial charge in [0, 0.05) is 46.1 Å². The molecule has 0 N–H and O–H groups in total. The van der Waals surface area contributed by atoms with Gasteiger partial charge in [0.2, 0.25) is 0 Å². The van der Waals surface area contributed by atoms with Gasteiger partial charge in [-0.15, -0.1) is 0 Å². The first-order valence-corrected chi connectivity index (χ1v) is 4.87. The fourth-order valence-electron chi connectivity index (χ4n) is 1.43. The number of aryl methyl sites for hydroxylation is 1. The van der Waals surface area contributed by atoms with Crippen LogP contribution in [-0.2, 0) is 23.1 Å². The molecule has 0 aromatic carbocycles. The van der Waals surface area contributed by atoms with Crippen LogP contribution in [-0.4, -0.2) is 48.8 Å². The van der Waals surface area contributed by atoms with E-state index in [0.29, 0.717) is 0 Å². The van der Waals surface area contributed by atoms with Crippen molar-refractivity contribution in [1.29, 1.82) is 0 Å². The number of nitrogens with zero attached hydrogens (tertiary/aromatic N) is 3. The average Bonchev–Trinajstić information content (AvgIpc) is 2.60. The van der Waals surface area contributed by atoms with Crippen LogP contribution in [0.2, 0.25) is 0 Å². The van der Waals surface area contributed by atoms with E-state index in [9.17, 15) is 0 Å². The summed E-state index contributed by atoms with van der Waals surface area (Å²) in [4.78, 5) is 2.13. The Morgan fingerprint density at radius 1 is 1.47 bits per heavy atom. The lowest BCUT2D eigenvalue weighted by atomic mass is 10.3. The molecule has 0 saturated carbocycles. The molecule has 0 atom stereocenters. The summed E-state index contributed by atoms with van der Waals surface area (Å²) in [6.45, 7) is 1.58. The Morgan fingerprint density at radius 3 is 2.60 bits per heavy atom. The first-order chi connectivity index (χ1) is 7.15. The van der Waals surface area contributed by atoms with Crippen LogP contribution in [0, 0.1) is 0 Å². The second kappa shape index (κ2) is 5.85. The Morgan fingerprint density at radius 2 is 2.13 bits per heavy atom. The molecule has 0 unspecified atom stereocenters. The van der Waals surface area contributed by atoms with Gasteiger partial charge < -0.3 is 9.47 Å². The summed E-state index contributed by atoms with van der Waals surface area (Å²) < 4.78 is 12.1. The van der Waals surface area contributed by atoms with E-state index in [1.165, 1.54) is 5.56 Å². The molecular formula is C10H19N3O2. The number of aromatic nitrogens is 2. The van der Waals surface area contributed by atoms with Crippen molar-refractivity contribution in [1.82, 2.24) is 14.7 Å². The van der Waals surface area contributed by atoms with Crippen molar-refractivity contribution in [2.24, 2.45) is 7.05 Å². The predicted molar refractivity (Wildman–Crippen MR) is 57.3 cm³/mol. The van der Waals surface area contributed by atoms with E-state index < -0.39 is 0 Å². The maximum Gasteiger partial charge on any atom is 0.169 e. The van der Waals surface area contributed by atoms with Crippen molar-refractivity contribution in [2.45, 2.75) is 12.8 Å². The van der Waals surface area contributed by atoms with Gasteiger partial charge in [-0.25, -0.2) is 0 Å². The molecule has 0 saturated heterocycles. The van der Waals surface area contributed by atoms with Crippen LogP contribution in [0.1, 0.15) is 5.56 Å². The number of ether oxygens (including phenoxy) is 2. The third kappa shape index (κ3) is 3.99. The highest BCUT2D eigenvalue weighted by atomic mass is 16.7. The zero-order chi connectivity index (χ0) is 11.3. The average molecular weight is 213 g/mol. The molecule has 0 amide bonds. The lowest BCUT2D eigenvalue weighted by Crippen LogP contribution is -2.31. The number of rotatable bonds is 6. The maximum atomic E-state index is 5.13. The Labute approximate surface area is 90.6 Å². The summed E-state index contributed by atoms with van der Waals surface area (Å²) in [5, 5.41) is 4.12. The molecule has 1 aromatic heterocycles. The zero-order valence-electron chi connectivity index (χ0n) is 9.80. The maximum absolute atomic E-state index is 5.13. The van der Waals surface area contributed by atoms with E-state index in [0.717, 1.165) is 13.1 Å². The van der Waals surface area contributed by atoms with Crippen LogP contribution in [0.3, 0.4) is 0 Å². The topological polar surface area (TPSA) is 39.5 Å². The minimum atomic E-state index is -0.174. The minimum absolute atomic E-state index is 0.174. The predicted octanol–water partition coefficient (Wildman–Crippen LogP) is 0.471. The van der Waals surface area contributed by atoms with E-state index in [1.807, 2.05) is 26.5 Å². The van der Waals surface area contributed by atoms with Crippen molar-refractivity contribution < 1.29 is 9.47 Å². The molecule has 0 aliphatic carbocycles. The van der Waals surface area contributed by atoms with Crippen molar-refractivity contribution in [2.75, 3.05) is 27.8 Å². The lowest BCUT2D eigenvalue weighted by molar-refractivity contribution is -0.114. The lowest BCUT2D eigenvalue weighted by Gasteiger charge is -2.21. The third-order valence-electron chi connectivity index (χ3n) is 2.20. The molecule has 1 rings (SSSR count). The van der Waals surface area contributed by atoms with Crippen molar-refractivity contribution in [3.05, 3.63) is 18.0 Å². The number of hydrogen-bond acceptors (Lipinski definition) is 4. The van der Waals surface area contributed by atoms with Crippen LogP contribution in [0.25, 0.3) is 0 Å². The summed E-state index contributed by atoms with van der Waals surface area (Å²) in [7, 11) is 7.23. The van der Waals surface area contributed by atoms with Gasteiger partial charge in [0.25, 0.3) is 0 Å². The normalized spacial score (nSPS) is 11.6. The standard InChI is InChI=1S/C10H19N3O2/c1-12(8-10(14-3)15-4)6-9-5-11-13(2)7-9/h5,7,10H,6,8H2,1-4H3. The molecule has 0 aliphatic heterocycles. The van der Waals surface area contributed by atoms with Gasteiger partial charge in [0.05, 0.1) is 6.20 Å². The fourth-order valence-corrected chi connectivity index (χ4v) is 1.43. The molecule has 15 heavy (non-hydrogen) atoms. The number of likely N-dealkylation sites (N-methyl/N-ethyl adjacent to an activating group) is 1. The van der Waals surface area contributed by atoms with E-state index in [-0.39, 0.29) is 6.29 Å². The monoisotopic (exact) mass is 213 g/mol. The van der Waals surface area contributed by atoms with Gasteiger partial charge in [-0.3, -0.25) is 9.58 Å². The minimum Gasteiger partial charge on any atom is -0.355 e. The Kier molecular flexibility index (Phi) is 4.74. The van der Waals surface area contributed by atoms with E-state index in [2.05, 4.69) is 10.00 Å². The molecule has 0 aliphatic rings. The largest absolute Gasteiger partial charge is 0.355 e. The molecule has 86 valence electrons. The van der Waals surface area contributed by atoms with Crippen LogP contribution >= 0.6 is 0 Å². The highest BCUT2D eigenvalue weighted by molar-refractivity contribution is 5.02. The highest BCUT2D eigenvalue weighted by Gasteiger charge is 2.09. The number of methoxy groups -OCH3 is 2. The van der Waals surface area contributed by atoms with E-state index >= 15 is 0 Å². The molecule has 0 fully saturated rings. The van der Waals surface area contributed by atoms with Gasteiger partial charge in [-0.1, -0.05) is 0 Å². The Balaban J connectivity index is 2.38. The SMILES string of the molecule is COC(CN(C)Cc1cnn(C)c1)OC. The molecule has 0 bridgehead atoms. The molecule has 1 heterocycles. The first kappa shape index (κ1) is 12.2. The Bertz CT molecular complexity index is 284. The number of hydrogen-bond donors (Lipinski definition) is 0. The summed E-state index contributed by atoms with van der Waals surface area (Å²) in [5.74, 6) is 0. The van der Waals surface area contributed by atoms with Gasteiger partial charge in [0.15, 0.2) is 6.29 Å². The van der Waals surface area contributed by atoms with Crippen LogP contribution < -0.4 is 0 Å².